The maximum Gasteiger partial charge on any atom is 0.0795 e. The Bertz CT molecular complexity index is 407. The Hall–Kier alpha value is -1.06. The third-order valence-electron chi connectivity index (χ3n) is 4.10. The van der Waals surface area contributed by atoms with E-state index in [1.165, 1.54) is 11.3 Å². The zero-order chi connectivity index (χ0) is 13.8. The molecule has 1 heterocycles. The third kappa shape index (κ3) is 3.10. The topological polar surface area (TPSA) is 38.5 Å². The van der Waals surface area contributed by atoms with Gasteiger partial charge in [-0.15, -0.1) is 0 Å². The predicted molar refractivity (Wildman–Crippen MR) is 80.6 cm³/mol. The van der Waals surface area contributed by atoms with E-state index in [1.807, 2.05) is 0 Å². The largest absolute Gasteiger partial charge is 0.373 e. The fourth-order valence-electron chi connectivity index (χ4n) is 3.07. The summed E-state index contributed by atoms with van der Waals surface area (Å²) >= 11 is 0. The van der Waals surface area contributed by atoms with Gasteiger partial charge in [0.25, 0.3) is 0 Å². The third-order valence-corrected chi connectivity index (χ3v) is 4.10. The van der Waals surface area contributed by atoms with Gasteiger partial charge in [-0.3, -0.25) is 0 Å². The van der Waals surface area contributed by atoms with Crippen molar-refractivity contribution in [3.05, 3.63) is 29.8 Å². The van der Waals surface area contributed by atoms with E-state index in [9.17, 15) is 0 Å². The lowest BCUT2D eigenvalue weighted by molar-refractivity contribution is 0.0403. The first-order chi connectivity index (χ1) is 9.17. The maximum absolute atomic E-state index is 6.04. The molecule has 3 atom stereocenters. The zero-order valence-electron chi connectivity index (χ0n) is 12.3. The highest BCUT2D eigenvalue weighted by molar-refractivity contribution is 5.54. The number of likely N-dealkylation sites (N-methyl/N-ethyl adjacent to an activating group) is 1. The minimum Gasteiger partial charge on any atom is -0.373 e. The van der Waals surface area contributed by atoms with E-state index in [1.54, 1.807) is 0 Å². The maximum atomic E-state index is 6.04. The Labute approximate surface area is 116 Å². The highest BCUT2D eigenvalue weighted by Crippen LogP contribution is 2.28. The van der Waals surface area contributed by atoms with E-state index >= 15 is 0 Å². The second kappa shape index (κ2) is 6.40. The summed E-state index contributed by atoms with van der Waals surface area (Å²) in [6.45, 7) is 8.09. The van der Waals surface area contributed by atoms with Gasteiger partial charge in [-0.05, 0) is 45.2 Å². The lowest BCUT2D eigenvalue weighted by atomic mass is 10.0. The molecule has 3 unspecified atom stereocenters. The fraction of sp³-hybridized carbons (Fsp3) is 0.625. The number of benzene rings is 1. The van der Waals surface area contributed by atoms with Crippen LogP contribution >= 0.6 is 0 Å². The molecule has 0 saturated carbocycles. The van der Waals surface area contributed by atoms with Gasteiger partial charge in [-0.1, -0.05) is 18.2 Å². The van der Waals surface area contributed by atoms with Crippen molar-refractivity contribution in [2.45, 2.75) is 51.9 Å². The molecule has 2 N–H and O–H groups in total. The van der Waals surface area contributed by atoms with Crippen LogP contribution in [0.3, 0.4) is 0 Å². The average Bonchev–Trinajstić information content (AvgIpc) is 2.83. The summed E-state index contributed by atoms with van der Waals surface area (Å²) in [5.74, 6) is 0. The van der Waals surface area contributed by atoms with Gasteiger partial charge in [0.1, 0.15) is 0 Å². The summed E-state index contributed by atoms with van der Waals surface area (Å²) < 4.78 is 6.04. The van der Waals surface area contributed by atoms with Crippen LogP contribution in [0.4, 0.5) is 5.69 Å². The van der Waals surface area contributed by atoms with Crippen molar-refractivity contribution >= 4 is 5.69 Å². The smallest absolute Gasteiger partial charge is 0.0795 e. The molecule has 1 fully saturated rings. The zero-order valence-corrected chi connectivity index (χ0v) is 12.3. The molecule has 3 nitrogen and oxygen atoms in total. The van der Waals surface area contributed by atoms with Gasteiger partial charge in [-0.2, -0.15) is 0 Å². The average molecular weight is 262 g/mol. The first kappa shape index (κ1) is 14.4. The van der Waals surface area contributed by atoms with Gasteiger partial charge < -0.3 is 15.4 Å². The van der Waals surface area contributed by atoms with Crippen molar-refractivity contribution in [2.24, 2.45) is 5.73 Å². The summed E-state index contributed by atoms with van der Waals surface area (Å²) in [6.07, 6.45) is 2.90. The monoisotopic (exact) mass is 262 g/mol. The van der Waals surface area contributed by atoms with E-state index in [0.29, 0.717) is 12.6 Å². The number of hydrogen-bond acceptors (Lipinski definition) is 3. The molecule has 0 aromatic heterocycles. The van der Waals surface area contributed by atoms with Crippen molar-refractivity contribution in [3.63, 3.8) is 0 Å². The molecular weight excluding hydrogens is 236 g/mol. The highest BCUT2D eigenvalue weighted by Gasteiger charge is 2.32. The Morgan fingerprint density at radius 3 is 2.63 bits per heavy atom. The minimum absolute atomic E-state index is 0.263. The lowest BCUT2D eigenvalue weighted by Gasteiger charge is -2.36. The summed E-state index contributed by atoms with van der Waals surface area (Å²) in [6, 6.07) is 8.79. The number of nitrogens with two attached hydrogens (primary N) is 1. The van der Waals surface area contributed by atoms with Crippen molar-refractivity contribution in [2.75, 3.05) is 18.0 Å². The lowest BCUT2D eigenvalue weighted by Crippen LogP contribution is -2.48. The number of nitrogens with zero attached hydrogens (tertiary/aromatic N) is 1. The van der Waals surface area contributed by atoms with Crippen LogP contribution in [-0.2, 0) is 4.74 Å². The number of para-hydroxylation sites is 1. The van der Waals surface area contributed by atoms with Crippen LogP contribution in [0.15, 0.2) is 24.3 Å². The van der Waals surface area contributed by atoms with Crippen LogP contribution < -0.4 is 10.6 Å². The molecule has 19 heavy (non-hydrogen) atoms. The van der Waals surface area contributed by atoms with Gasteiger partial charge in [0.2, 0.25) is 0 Å². The van der Waals surface area contributed by atoms with E-state index < -0.39 is 0 Å². The predicted octanol–water partition coefficient (Wildman–Crippen LogP) is 2.72. The van der Waals surface area contributed by atoms with E-state index in [2.05, 4.69) is 49.9 Å². The Morgan fingerprint density at radius 1 is 1.37 bits per heavy atom. The Kier molecular flexibility index (Phi) is 4.83. The van der Waals surface area contributed by atoms with Gasteiger partial charge in [0.15, 0.2) is 0 Å². The summed E-state index contributed by atoms with van der Waals surface area (Å²) in [4.78, 5) is 2.40. The van der Waals surface area contributed by atoms with Crippen LogP contribution in [0, 0.1) is 6.92 Å². The van der Waals surface area contributed by atoms with E-state index in [4.69, 9.17) is 10.5 Å². The number of aryl methyl sites for hydroxylation is 1. The van der Waals surface area contributed by atoms with E-state index in [-0.39, 0.29) is 12.1 Å². The molecular formula is C16H26N2O. The van der Waals surface area contributed by atoms with Gasteiger partial charge in [0.05, 0.1) is 18.2 Å². The Balaban J connectivity index is 2.21. The molecule has 0 amide bonds. The molecule has 0 aliphatic carbocycles. The summed E-state index contributed by atoms with van der Waals surface area (Å²) in [7, 11) is 0. The van der Waals surface area contributed by atoms with Gasteiger partial charge in [0, 0.05) is 18.8 Å². The van der Waals surface area contributed by atoms with Crippen LogP contribution in [0.25, 0.3) is 0 Å². The van der Waals surface area contributed by atoms with Gasteiger partial charge >= 0.3 is 0 Å². The minimum atomic E-state index is 0.263. The second-order valence-electron chi connectivity index (χ2n) is 5.44. The molecule has 0 bridgehead atoms. The fourth-order valence-corrected chi connectivity index (χ4v) is 3.07. The van der Waals surface area contributed by atoms with Gasteiger partial charge in [-0.25, -0.2) is 0 Å². The number of hydrogen-bond donors (Lipinski definition) is 1. The SMILES string of the molecule is CCN(c1ccccc1C)C(CN)C1CCC(C)O1. The quantitative estimate of drug-likeness (QED) is 0.886. The highest BCUT2D eigenvalue weighted by atomic mass is 16.5. The normalized spacial score (nSPS) is 24.4. The van der Waals surface area contributed by atoms with Crippen molar-refractivity contribution in [1.82, 2.24) is 0 Å². The molecule has 1 aliphatic heterocycles. The number of ether oxygens (including phenoxy) is 1. The molecule has 0 spiro atoms. The molecule has 1 aromatic rings. The summed E-state index contributed by atoms with van der Waals surface area (Å²) in [5.41, 5.74) is 8.62. The van der Waals surface area contributed by atoms with Crippen molar-refractivity contribution < 1.29 is 4.74 Å². The Morgan fingerprint density at radius 2 is 2.11 bits per heavy atom. The van der Waals surface area contributed by atoms with Crippen molar-refractivity contribution in [1.29, 1.82) is 0 Å². The van der Waals surface area contributed by atoms with Crippen LogP contribution in [0.5, 0.6) is 0 Å². The molecule has 3 heteroatoms. The molecule has 0 radical (unpaired) electrons. The van der Waals surface area contributed by atoms with Crippen molar-refractivity contribution in [3.8, 4) is 0 Å². The number of anilines is 1. The standard InChI is InChI=1S/C16H26N2O/c1-4-18(14-8-6-5-7-12(14)2)15(11-17)16-10-9-13(3)19-16/h5-8,13,15-16H,4,9-11,17H2,1-3H3. The first-order valence-electron chi connectivity index (χ1n) is 7.35. The molecule has 1 aromatic carbocycles. The molecule has 1 aliphatic rings. The van der Waals surface area contributed by atoms with Crippen LogP contribution in [0.2, 0.25) is 0 Å². The summed E-state index contributed by atoms with van der Waals surface area (Å²) in [5, 5.41) is 0. The first-order valence-corrected chi connectivity index (χ1v) is 7.35. The molecule has 106 valence electrons. The molecule has 1 saturated heterocycles. The van der Waals surface area contributed by atoms with E-state index in [0.717, 1.165) is 19.4 Å². The molecule has 2 rings (SSSR count). The van der Waals surface area contributed by atoms with Crippen LogP contribution in [0.1, 0.15) is 32.3 Å². The van der Waals surface area contributed by atoms with Crippen LogP contribution in [-0.4, -0.2) is 31.3 Å². The second-order valence-corrected chi connectivity index (χ2v) is 5.44. The number of rotatable bonds is 5.